The van der Waals surface area contributed by atoms with Gasteiger partial charge in [0, 0.05) is 17.6 Å². The monoisotopic (exact) mass is 321 g/mol. The van der Waals surface area contributed by atoms with Crippen molar-refractivity contribution in [3.05, 3.63) is 57.6 Å². The molecule has 21 heavy (non-hydrogen) atoms. The number of ether oxygens (including phenoxy) is 1. The first-order chi connectivity index (χ1) is 10.1. The summed E-state index contributed by atoms with van der Waals surface area (Å²) in [6, 6.07) is 12.1. The molecule has 0 aliphatic heterocycles. The highest BCUT2D eigenvalue weighted by atomic mass is 35.5. The Bertz CT molecular complexity index is 653. The summed E-state index contributed by atoms with van der Waals surface area (Å²) in [7, 11) is 0. The first-order valence-corrected chi connectivity index (χ1v) is 7.83. The van der Waals surface area contributed by atoms with Crippen molar-refractivity contribution in [1.29, 1.82) is 0 Å². The zero-order valence-corrected chi connectivity index (χ0v) is 13.3. The smallest absolute Gasteiger partial charge is 0.146 e. The fourth-order valence-electron chi connectivity index (χ4n) is 2.09. The van der Waals surface area contributed by atoms with Crippen LogP contribution in [0.5, 0.6) is 11.5 Å². The lowest BCUT2D eigenvalue weighted by molar-refractivity contribution is 0.482. The van der Waals surface area contributed by atoms with Gasteiger partial charge in [-0.1, -0.05) is 35.3 Å². The van der Waals surface area contributed by atoms with Gasteiger partial charge in [-0.2, -0.15) is 0 Å². The molecule has 0 spiro atoms. The highest BCUT2D eigenvalue weighted by molar-refractivity contribution is 6.32. The molecule has 110 valence electrons. The van der Waals surface area contributed by atoms with Crippen LogP contribution in [0, 0.1) is 6.92 Å². The maximum atomic E-state index is 6.31. The van der Waals surface area contributed by atoms with Gasteiger partial charge < -0.3 is 10.1 Å². The summed E-state index contributed by atoms with van der Waals surface area (Å²) in [5.74, 6) is 1.34. The van der Waals surface area contributed by atoms with Gasteiger partial charge in [-0.25, -0.2) is 0 Å². The zero-order valence-electron chi connectivity index (χ0n) is 11.8. The Morgan fingerprint density at radius 1 is 1.10 bits per heavy atom. The van der Waals surface area contributed by atoms with Crippen molar-refractivity contribution < 1.29 is 4.74 Å². The number of hydrogen-bond donors (Lipinski definition) is 1. The fourth-order valence-corrected chi connectivity index (χ4v) is 2.60. The summed E-state index contributed by atoms with van der Waals surface area (Å²) >= 11 is 12.5. The Kier molecular flexibility index (Phi) is 4.39. The second kappa shape index (κ2) is 6.27. The van der Waals surface area contributed by atoms with E-state index in [1.807, 2.05) is 43.3 Å². The number of aryl methyl sites for hydroxylation is 1. The maximum Gasteiger partial charge on any atom is 0.146 e. The first kappa shape index (κ1) is 14.7. The number of nitrogens with one attached hydrogen (secondary N) is 1. The Hall–Kier alpha value is -1.22. The van der Waals surface area contributed by atoms with Gasteiger partial charge in [0.1, 0.15) is 11.5 Å². The van der Waals surface area contributed by atoms with E-state index >= 15 is 0 Å². The van der Waals surface area contributed by atoms with Crippen LogP contribution in [0.2, 0.25) is 10.0 Å². The van der Waals surface area contributed by atoms with Crippen molar-refractivity contribution in [1.82, 2.24) is 5.32 Å². The minimum absolute atomic E-state index is 0.602. The fraction of sp³-hybridized carbons (Fsp3) is 0.294. The molecule has 1 aliphatic carbocycles. The van der Waals surface area contributed by atoms with Crippen LogP contribution in [0.15, 0.2) is 36.4 Å². The van der Waals surface area contributed by atoms with E-state index in [1.165, 1.54) is 12.8 Å². The molecule has 2 aromatic rings. The molecular formula is C17H17Cl2NO. The van der Waals surface area contributed by atoms with Crippen LogP contribution in [0.25, 0.3) is 0 Å². The van der Waals surface area contributed by atoms with E-state index in [0.717, 1.165) is 17.7 Å². The van der Waals surface area contributed by atoms with E-state index < -0.39 is 0 Å². The molecular weight excluding hydrogens is 305 g/mol. The molecule has 0 bridgehead atoms. The van der Waals surface area contributed by atoms with Crippen LogP contribution in [0.3, 0.4) is 0 Å². The zero-order chi connectivity index (χ0) is 14.8. The molecule has 1 saturated carbocycles. The largest absolute Gasteiger partial charge is 0.456 e. The van der Waals surface area contributed by atoms with E-state index in [2.05, 4.69) is 5.32 Å². The van der Waals surface area contributed by atoms with Crippen LogP contribution >= 0.6 is 23.2 Å². The quantitative estimate of drug-likeness (QED) is 0.801. The molecule has 0 saturated heterocycles. The molecule has 1 fully saturated rings. The normalized spacial score (nSPS) is 14.2. The number of rotatable bonds is 5. The molecule has 0 atom stereocenters. The van der Waals surface area contributed by atoms with Crippen LogP contribution in [-0.4, -0.2) is 6.04 Å². The number of halogens is 2. The third-order valence-electron chi connectivity index (χ3n) is 3.50. The molecule has 4 heteroatoms. The second-order valence-corrected chi connectivity index (χ2v) is 6.26. The predicted octanol–water partition coefficient (Wildman–Crippen LogP) is 5.35. The standard InChI is InChI=1S/C17H17Cl2NO/c1-11-2-7-17(16(19)8-11)21-14-6-3-12(15(18)9-14)10-20-13-4-5-13/h2-3,6-9,13,20H,4-5,10H2,1H3. The molecule has 1 aliphatic rings. The van der Waals surface area contributed by atoms with E-state index in [1.54, 1.807) is 0 Å². The van der Waals surface area contributed by atoms with Gasteiger partial charge in [0.05, 0.1) is 5.02 Å². The van der Waals surface area contributed by atoms with Gasteiger partial charge in [0.15, 0.2) is 0 Å². The van der Waals surface area contributed by atoms with Crippen LogP contribution in [-0.2, 0) is 6.54 Å². The van der Waals surface area contributed by atoms with E-state index in [-0.39, 0.29) is 0 Å². The van der Waals surface area contributed by atoms with Gasteiger partial charge in [-0.05, 0) is 55.2 Å². The van der Waals surface area contributed by atoms with Gasteiger partial charge in [-0.15, -0.1) is 0 Å². The lowest BCUT2D eigenvalue weighted by atomic mass is 10.2. The second-order valence-electron chi connectivity index (χ2n) is 5.44. The molecule has 0 radical (unpaired) electrons. The third kappa shape index (κ3) is 3.91. The minimum Gasteiger partial charge on any atom is -0.456 e. The first-order valence-electron chi connectivity index (χ1n) is 7.07. The minimum atomic E-state index is 0.602. The summed E-state index contributed by atoms with van der Waals surface area (Å²) in [5, 5.41) is 4.77. The third-order valence-corrected chi connectivity index (χ3v) is 4.15. The Morgan fingerprint density at radius 3 is 2.57 bits per heavy atom. The van der Waals surface area contributed by atoms with E-state index in [0.29, 0.717) is 27.6 Å². The van der Waals surface area contributed by atoms with Gasteiger partial charge in [0.2, 0.25) is 0 Å². The summed E-state index contributed by atoms with van der Waals surface area (Å²) < 4.78 is 5.80. The van der Waals surface area contributed by atoms with Gasteiger partial charge >= 0.3 is 0 Å². The topological polar surface area (TPSA) is 21.3 Å². The van der Waals surface area contributed by atoms with Crippen LogP contribution < -0.4 is 10.1 Å². The maximum absolute atomic E-state index is 6.31. The summed E-state index contributed by atoms with van der Waals surface area (Å²) in [6.45, 7) is 2.79. The average Bonchev–Trinajstić information content (AvgIpc) is 3.25. The van der Waals surface area contributed by atoms with Crippen molar-refractivity contribution >= 4 is 23.2 Å². The molecule has 0 heterocycles. The lowest BCUT2D eigenvalue weighted by Gasteiger charge is -2.11. The van der Waals surface area contributed by atoms with E-state index in [9.17, 15) is 0 Å². The van der Waals surface area contributed by atoms with E-state index in [4.69, 9.17) is 27.9 Å². The molecule has 2 aromatic carbocycles. The molecule has 3 rings (SSSR count). The van der Waals surface area contributed by atoms with Crippen LogP contribution in [0.4, 0.5) is 0 Å². The highest BCUT2D eigenvalue weighted by Crippen LogP contribution is 2.32. The predicted molar refractivity (Wildman–Crippen MR) is 87.6 cm³/mol. The SMILES string of the molecule is Cc1ccc(Oc2ccc(CNC3CC3)c(Cl)c2)c(Cl)c1. The van der Waals surface area contributed by atoms with Gasteiger partial charge in [0.25, 0.3) is 0 Å². The molecule has 0 unspecified atom stereocenters. The summed E-state index contributed by atoms with van der Waals surface area (Å²) in [5.41, 5.74) is 2.19. The Morgan fingerprint density at radius 2 is 1.90 bits per heavy atom. The molecule has 0 amide bonds. The molecule has 2 nitrogen and oxygen atoms in total. The number of benzene rings is 2. The van der Waals surface area contributed by atoms with Gasteiger partial charge in [-0.3, -0.25) is 0 Å². The summed E-state index contributed by atoms with van der Waals surface area (Å²) in [6.07, 6.45) is 2.54. The molecule has 1 N–H and O–H groups in total. The van der Waals surface area contributed by atoms with Crippen molar-refractivity contribution in [2.45, 2.75) is 32.4 Å². The van der Waals surface area contributed by atoms with Crippen molar-refractivity contribution in [3.63, 3.8) is 0 Å². The van der Waals surface area contributed by atoms with Crippen molar-refractivity contribution in [2.24, 2.45) is 0 Å². The lowest BCUT2D eigenvalue weighted by Crippen LogP contribution is -2.15. The highest BCUT2D eigenvalue weighted by Gasteiger charge is 2.20. The Balaban J connectivity index is 1.71. The van der Waals surface area contributed by atoms with Crippen molar-refractivity contribution in [2.75, 3.05) is 0 Å². The summed E-state index contributed by atoms with van der Waals surface area (Å²) in [4.78, 5) is 0. The average molecular weight is 322 g/mol. The van der Waals surface area contributed by atoms with Crippen molar-refractivity contribution in [3.8, 4) is 11.5 Å². The molecule has 0 aromatic heterocycles. The number of hydrogen-bond acceptors (Lipinski definition) is 2. The Labute approximate surface area is 135 Å². The van der Waals surface area contributed by atoms with Crippen LogP contribution in [0.1, 0.15) is 24.0 Å².